The molecule has 1 aliphatic heterocycles. The van der Waals surface area contributed by atoms with Crippen molar-refractivity contribution < 1.29 is 18.3 Å². The quantitative estimate of drug-likeness (QED) is 0.595. The van der Waals surface area contributed by atoms with Gasteiger partial charge in [0.05, 0.1) is 11.8 Å². The lowest BCUT2D eigenvalue weighted by Crippen LogP contribution is -2.44. The fourth-order valence-electron chi connectivity index (χ4n) is 4.39. The molecule has 0 unspecified atom stereocenters. The van der Waals surface area contributed by atoms with Crippen LogP contribution in [0.15, 0.2) is 66.7 Å². The molecule has 0 radical (unpaired) electrons. The molecule has 0 bridgehead atoms. The van der Waals surface area contributed by atoms with Gasteiger partial charge >= 0.3 is 0 Å². The lowest BCUT2D eigenvalue weighted by Gasteiger charge is -2.31. The predicted molar refractivity (Wildman–Crippen MR) is 126 cm³/mol. The van der Waals surface area contributed by atoms with Crippen molar-refractivity contribution in [2.24, 2.45) is 5.92 Å². The number of hydrogen-bond donors (Lipinski definition) is 2. The Morgan fingerprint density at radius 3 is 2.38 bits per heavy atom. The number of phenolic OH excluding ortho intramolecular Hbond substituents is 1. The van der Waals surface area contributed by atoms with E-state index >= 15 is 0 Å². The summed E-state index contributed by atoms with van der Waals surface area (Å²) in [4.78, 5) is 13.3. The molecule has 2 N–H and O–H groups in total. The van der Waals surface area contributed by atoms with Crippen LogP contribution in [0, 0.1) is 5.92 Å². The minimum absolute atomic E-state index is 0.0697. The van der Waals surface area contributed by atoms with E-state index in [2.05, 4.69) is 5.32 Å². The minimum atomic E-state index is -3.24. The van der Waals surface area contributed by atoms with Gasteiger partial charge in [0, 0.05) is 24.6 Å². The number of aromatic hydroxyl groups is 1. The molecular weight excluding hydrogens is 424 g/mol. The van der Waals surface area contributed by atoms with Crippen LogP contribution in [-0.2, 0) is 14.8 Å². The zero-order valence-electron chi connectivity index (χ0n) is 18.1. The van der Waals surface area contributed by atoms with E-state index in [1.165, 1.54) is 4.31 Å². The van der Waals surface area contributed by atoms with Crippen LogP contribution in [0.2, 0.25) is 0 Å². The number of carbonyl (C=O) groups is 1. The number of fused-ring (bicyclic) bond motifs is 1. The van der Waals surface area contributed by atoms with Gasteiger partial charge in [0.25, 0.3) is 0 Å². The summed E-state index contributed by atoms with van der Waals surface area (Å²) in [5.41, 5.74) is 1.53. The monoisotopic (exact) mass is 452 g/mol. The topological polar surface area (TPSA) is 86.7 Å². The highest BCUT2D eigenvalue weighted by Crippen LogP contribution is 2.36. The van der Waals surface area contributed by atoms with E-state index in [1.807, 2.05) is 60.7 Å². The SMILES string of the molecule is CCS(=O)(=O)N1CCC(C(=O)N[C@H](c2ccccc2)c2c(O)ccc3ccccc23)CC1. The summed E-state index contributed by atoms with van der Waals surface area (Å²) in [7, 11) is -3.24. The molecule has 3 aromatic carbocycles. The number of hydrogen-bond acceptors (Lipinski definition) is 4. The summed E-state index contributed by atoms with van der Waals surface area (Å²) in [6.07, 6.45) is 0.961. The molecular formula is C25H28N2O4S. The highest BCUT2D eigenvalue weighted by molar-refractivity contribution is 7.89. The number of phenols is 1. The van der Waals surface area contributed by atoms with Crippen LogP contribution in [0.1, 0.15) is 36.9 Å². The molecule has 0 aromatic heterocycles. The maximum atomic E-state index is 13.3. The van der Waals surface area contributed by atoms with Gasteiger partial charge in [-0.15, -0.1) is 0 Å². The van der Waals surface area contributed by atoms with Gasteiger partial charge in [-0.1, -0.05) is 60.7 Å². The third-order valence-corrected chi connectivity index (χ3v) is 8.12. The molecule has 3 aromatic rings. The fourth-order valence-corrected chi connectivity index (χ4v) is 5.53. The zero-order chi connectivity index (χ0) is 22.7. The first kappa shape index (κ1) is 22.3. The molecule has 4 rings (SSSR count). The third-order valence-electron chi connectivity index (χ3n) is 6.24. The van der Waals surface area contributed by atoms with Gasteiger partial charge in [-0.05, 0) is 42.2 Å². The Morgan fingerprint density at radius 2 is 1.69 bits per heavy atom. The molecule has 1 aliphatic rings. The number of benzene rings is 3. The number of carbonyl (C=O) groups excluding carboxylic acids is 1. The normalized spacial score (nSPS) is 16.7. The Labute approximate surface area is 188 Å². The van der Waals surface area contributed by atoms with E-state index in [-0.39, 0.29) is 23.3 Å². The van der Waals surface area contributed by atoms with E-state index in [1.54, 1.807) is 13.0 Å². The Hall–Kier alpha value is -2.90. The molecule has 0 aliphatic carbocycles. The molecule has 7 heteroatoms. The minimum Gasteiger partial charge on any atom is -0.508 e. The molecule has 6 nitrogen and oxygen atoms in total. The van der Waals surface area contributed by atoms with E-state index in [4.69, 9.17) is 0 Å². The summed E-state index contributed by atoms with van der Waals surface area (Å²) in [5, 5.41) is 15.8. The fraction of sp³-hybridized carbons (Fsp3) is 0.320. The molecule has 168 valence electrons. The molecule has 1 saturated heterocycles. The molecule has 1 heterocycles. The number of nitrogens with zero attached hydrogens (tertiary/aromatic N) is 1. The lowest BCUT2D eigenvalue weighted by atomic mass is 9.91. The maximum Gasteiger partial charge on any atom is 0.223 e. The van der Waals surface area contributed by atoms with Crippen LogP contribution < -0.4 is 5.32 Å². The molecule has 1 fully saturated rings. The van der Waals surface area contributed by atoms with Crippen LogP contribution >= 0.6 is 0 Å². The molecule has 0 spiro atoms. The van der Waals surface area contributed by atoms with Crippen molar-refractivity contribution in [2.45, 2.75) is 25.8 Å². The van der Waals surface area contributed by atoms with E-state index in [0.29, 0.717) is 31.5 Å². The van der Waals surface area contributed by atoms with E-state index in [9.17, 15) is 18.3 Å². The first-order valence-electron chi connectivity index (χ1n) is 10.9. The number of piperidine rings is 1. The van der Waals surface area contributed by atoms with Crippen LogP contribution in [0.4, 0.5) is 0 Å². The highest BCUT2D eigenvalue weighted by Gasteiger charge is 2.32. The van der Waals surface area contributed by atoms with Gasteiger partial charge in [0.15, 0.2) is 0 Å². The highest BCUT2D eigenvalue weighted by atomic mass is 32.2. The van der Waals surface area contributed by atoms with Crippen LogP contribution in [0.5, 0.6) is 5.75 Å². The summed E-state index contributed by atoms with van der Waals surface area (Å²) in [6.45, 7) is 2.34. The van der Waals surface area contributed by atoms with Crippen molar-refractivity contribution in [1.82, 2.24) is 9.62 Å². The number of rotatable bonds is 6. The first-order chi connectivity index (χ1) is 15.4. The van der Waals surface area contributed by atoms with Crippen molar-refractivity contribution in [3.8, 4) is 5.75 Å². The molecule has 32 heavy (non-hydrogen) atoms. The number of nitrogens with one attached hydrogen (secondary N) is 1. The predicted octanol–water partition coefficient (Wildman–Crippen LogP) is 3.81. The number of amides is 1. The third kappa shape index (κ3) is 4.49. The van der Waals surface area contributed by atoms with Crippen LogP contribution in [0.25, 0.3) is 10.8 Å². The molecule has 1 atom stereocenters. The van der Waals surface area contributed by atoms with Crippen molar-refractivity contribution in [3.63, 3.8) is 0 Å². The van der Waals surface area contributed by atoms with Crippen molar-refractivity contribution >= 4 is 26.7 Å². The van der Waals surface area contributed by atoms with E-state index in [0.717, 1.165) is 16.3 Å². The molecule has 0 saturated carbocycles. The smallest absolute Gasteiger partial charge is 0.223 e. The van der Waals surface area contributed by atoms with Crippen molar-refractivity contribution in [3.05, 3.63) is 77.9 Å². The Morgan fingerprint density at radius 1 is 1.03 bits per heavy atom. The summed E-state index contributed by atoms with van der Waals surface area (Å²) >= 11 is 0. The average Bonchev–Trinajstić information content (AvgIpc) is 2.83. The van der Waals surface area contributed by atoms with Gasteiger partial charge in [0.1, 0.15) is 5.75 Å². The van der Waals surface area contributed by atoms with Gasteiger partial charge in [0.2, 0.25) is 15.9 Å². The standard InChI is InChI=1S/C25H28N2O4S/c1-2-32(30,31)27-16-14-20(15-17-27)25(29)26-24(19-9-4-3-5-10-19)23-21-11-7-6-8-18(21)12-13-22(23)28/h3-13,20,24,28H,2,14-17H2,1H3,(H,26,29)/t24-/m1/s1. The zero-order valence-corrected chi connectivity index (χ0v) is 18.9. The summed E-state index contributed by atoms with van der Waals surface area (Å²) in [6, 6.07) is 20.4. The van der Waals surface area contributed by atoms with Gasteiger partial charge in [-0.2, -0.15) is 0 Å². The summed E-state index contributed by atoms with van der Waals surface area (Å²) in [5.74, 6) is -0.205. The Bertz CT molecular complexity index is 1200. The largest absolute Gasteiger partial charge is 0.508 e. The Kier molecular flexibility index (Phi) is 6.48. The summed E-state index contributed by atoms with van der Waals surface area (Å²) < 4.78 is 25.8. The first-order valence-corrected chi connectivity index (χ1v) is 12.6. The van der Waals surface area contributed by atoms with Gasteiger partial charge < -0.3 is 10.4 Å². The van der Waals surface area contributed by atoms with Crippen LogP contribution in [0.3, 0.4) is 0 Å². The number of sulfonamides is 1. The van der Waals surface area contributed by atoms with Crippen molar-refractivity contribution in [1.29, 1.82) is 0 Å². The van der Waals surface area contributed by atoms with Gasteiger partial charge in [-0.25, -0.2) is 12.7 Å². The second kappa shape index (κ2) is 9.30. The van der Waals surface area contributed by atoms with Gasteiger partial charge in [-0.3, -0.25) is 4.79 Å². The van der Waals surface area contributed by atoms with E-state index < -0.39 is 16.1 Å². The van der Waals surface area contributed by atoms with Crippen molar-refractivity contribution in [2.75, 3.05) is 18.8 Å². The second-order valence-corrected chi connectivity index (χ2v) is 10.4. The average molecular weight is 453 g/mol. The Balaban J connectivity index is 1.63. The maximum absolute atomic E-state index is 13.3. The molecule has 1 amide bonds. The van der Waals surface area contributed by atoms with Crippen LogP contribution in [-0.4, -0.2) is 42.6 Å². The second-order valence-electron chi connectivity index (χ2n) is 8.15. The lowest BCUT2D eigenvalue weighted by molar-refractivity contribution is -0.126.